The second-order valence-electron chi connectivity index (χ2n) is 12.7. The number of esters is 7. The molecule has 52 heavy (non-hydrogen) atoms. The molecule has 0 N–H and O–H groups in total. The number of epoxide rings is 1. The maximum Gasteiger partial charge on any atom is 0.338 e. The summed E-state index contributed by atoms with van der Waals surface area (Å²) in [7, 11) is 0. The molecule has 1 aromatic rings. The van der Waals surface area contributed by atoms with E-state index in [1.54, 1.807) is 0 Å². The van der Waals surface area contributed by atoms with Crippen LogP contribution in [0, 0.1) is 11.8 Å². The molecule has 18 nitrogen and oxygen atoms in total. The van der Waals surface area contributed by atoms with Gasteiger partial charge in [-0.05, 0) is 30.7 Å². The van der Waals surface area contributed by atoms with E-state index in [9.17, 15) is 33.6 Å². The van der Waals surface area contributed by atoms with Gasteiger partial charge < -0.3 is 52.1 Å². The van der Waals surface area contributed by atoms with Crippen molar-refractivity contribution in [2.75, 3.05) is 19.8 Å². The molecule has 11 atom stereocenters. The Kier molecular flexibility index (Phi) is 11.8. The van der Waals surface area contributed by atoms with Crippen molar-refractivity contribution in [1.82, 2.24) is 0 Å². The standard InChI is InChI=1S/C34H40O18/c1-15(35)43-13-24-27(46-18(4)38)28(47-19(5)39)29(48-20(6)40)33(49-24)51-32-25-23(11-12-42-32)26(30-34(25,52-30)14-44-16(2)36)50-31(41)21-7-9-22(10-8-21)45-17(3)37/h7-10,23-30,32-33H,11-14H2,1-6H3. The monoisotopic (exact) mass is 736 g/mol. The maximum absolute atomic E-state index is 13.3. The third-order valence-electron chi connectivity index (χ3n) is 8.86. The second-order valence-corrected chi connectivity index (χ2v) is 12.7. The van der Waals surface area contributed by atoms with E-state index < -0.39 is 115 Å². The van der Waals surface area contributed by atoms with Crippen LogP contribution < -0.4 is 4.74 Å². The topological polar surface area (TPSA) is 224 Å². The van der Waals surface area contributed by atoms with E-state index in [0.717, 1.165) is 27.7 Å². The minimum Gasteiger partial charge on any atom is -0.463 e. The summed E-state index contributed by atoms with van der Waals surface area (Å²) < 4.78 is 62.7. The van der Waals surface area contributed by atoms with Crippen LogP contribution in [0.25, 0.3) is 0 Å². The van der Waals surface area contributed by atoms with Crippen LogP contribution in [-0.4, -0.2) is 116 Å². The summed E-state index contributed by atoms with van der Waals surface area (Å²) in [5.74, 6) is -5.95. The van der Waals surface area contributed by atoms with Crippen molar-refractivity contribution in [3.8, 4) is 5.75 Å². The van der Waals surface area contributed by atoms with E-state index in [2.05, 4.69) is 0 Å². The zero-order chi connectivity index (χ0) is 37.9. The van der Waals surface area contributed by atoms with Crippen LogP contribution in [-0.2, 0) is 76.1 Å². The molecule has 1 aliphatic carbocycles. The Morgan fingerprint density at radius 1 is 0.692 bits per heavy atom. The quantitative estimate of drug-likeness (QED) is 0.126. The highest BCUT2D eigenvalue weighted by Crippen LogP contribution is 2.61. The summed E-state index contributed by atoms with van der Waals surface area (Å²) in [5.41, 5.74) is -1.06. The Morgan fingerprint density at radius 3 is 1.90 bits per heavy atom. The van der Waals surface area contributed by atoms with E-state index in [1.165, 1.54) is 38.1 Å². The molecule has 4 aliphatic rings. The van der Waals surface area contributed by atoms with Crippen molar-refractivity contribution in [2.45, 2.75) is 103 Å². The summed E-state index contributed by atoms with van der Waals surface area (Å²) in [6, 6.07) is 5.76. The van der Waals surface area contributed by atoms with Crippen LogP contribution in [0.15, 0.2) is 24.3 Å². The van der Waals surface area contributed by atoms with E-state index >= 15 is 0 Å². The molecule has 0 amide bonds. The number of fused-ring (bicyclic) bond motifs is 3. The van der Waals surface area contributed by atoms with Gasteiger partial charge in [0.25, 0.3) is 0 Å². The highest BCUT2D eigenvalue weighted by Gasteiger charge is 2.78. The number of hydrogen-bond donors (Lipinski definition) is 0. The summed E-state index contributed by atoms with van der Waals surface area (Å²) >= 11 is 0. The van der Waals surface area contributed by atoms with Gasteiger partial charge in [0, 0.05) is 47.5 Å². The summed E-state index contributed by atoms with van der Waals surface area (Å²) in [6.45, 7) is 6.28. The Morgan fingerprint density at radius 2 is 1.31 bits per heavy atom. The largest absolute Gasteiger partial charge is 0.463 e. The molecule has 3 heterocycles. The molecule has 0 spiro atoms. The predicted molar refractivity (Wildman–Crippen MR) is 166 cm³/mol. The first-order valence-electron chi connectivity index (χ1n) is 16.5. The van der Waals surface area contributed by atoms with Gasteiger partial charge in [0.1, 0.15) is 42.9 Å². The van der Waals surface area contributed by atoms with Crippen molar-refractivity contribution in [3.05, 3.63) is 29.8 Å². The molecule has 11 unspecified atom stereocenters. The van der Waals surface area contributed by atoms with Gasteiger partial charge in [-0.3, -0.25) is 28.8 Å². The van der Waals surface area contributed by atoms with E-state index in [1.807, 2.05) is 0 Å². The lowest BCUT2D eigenvalue weighted by Gasteiger charge is -2.46. The predicted octanol–water partition coefficient (Wildman–Crippen LogP) is 0.930. The molecule has 18 heteroatoms. The van der Waals surface area contributed by atoms with Gasteiger partial charge >= 0.3 is 41.8 Å². The first-order chi connectivity index (χ1) is 24.6. The lowest BCUT2D eigenvalue weighted by molar-refractivity contribution is -0.357. The third kappa shape index (κ3) is 8.68. The summed E-state index contributed by atoms with van der Waals surface area (Å²) in [6.07, 6.45) is -9.76. The minimum atomic E-state index is -1.58. The molecule has 0 radical (unpaired) electrons. The van der Waals surface area contributed by atoms with Gasteiger partial charge in [0.2, 0.25) is 6.29 Å². The van der Waals surface area contributed by atoms with Crippen molar-refractivity contribution in [3.63, 3.8) is 0 Å². The van der Waals surface area contributed by atoms with Crippen LogP contribution in [0.5, 0.6) is 5.75 Å². The number of benzene rings is 1. The summed E-state index contributed by atoms with van der Waals surface area (Å²) in [5, 5.41) is 0. The Balaban J connectivity index is 1.44. The fraction of sp³-hybridized carbons (Fsp3) is 0.618. The van der Waals surface area contributed by atoms with E-state index in [4.69, 9.17) is 52.1 Å². The van der Waals surface area contributed by atoms with Gasteiger partial charge in [-0.1, -0.05) is 0 Å². The normalized spacial score (nSPS) is 32.9. The van der Waals surface area contributed by atoms with Crippen LogP contribution >= 0.6 is 0 Å². The highest BCUT2D eigenvalue weighted by molar-refractivity contribution is 5.90. The molecular weight excluding hydrogens is 696 g/mol. The highest BCUT2D eigenvalue weighted by atomic mass is 16.8. The third-order valence-corrected chi connectivity index (χ3v) is 8.86. The molecule has 1 aromatic carbocycles. The lowest BCUT2D eigenvalue weighted by atomic mass is 9.83. The Hall–Kier alpha value is -4.65. The van der Waals surface area contributed by atoms with E-state index in [-0.39, 0.29) is 24.5 Å². The van der Waals surface area contributed by atoms with E-state index in [0.29, 0.717) is 6.42 Å². The minimum absolute atomic E-state index is 0.0958. The molecule has 0 aromatic heterocycles. The average molecular weight is 737 g/mol. The van der Waals surface area contributed by atoms with Crippen LogP contribution in [0.1, 0.15) is 58.3 Å². The molecule has 3 aliphatic heterocycles. The fourth-order valence-electron chi connectivity index (χ4n) is 6.95. The van der Waals surface area contributed by atoms with Crippen LogP contribution in [0.2, 0.25) is 0 Å². The molecule has 0 bridgehead atoms. The second kappa shape index (κ2) is 15.9. The first kappa shape index (κ1) is 38.6. The maximum atomic E-state index is 13.3. The van der Waals surface area contributed by atoms with Crippen molar-refractivity contribution in [2.24, 2.45) is 11.8 Å². The number of hydrogen-bond acceptors (Lipinski definition) is 18. The summed E-state index contributed by atoms with van der Waals surface area (Å²) in [4.78, 5) is 85.1. The molecule has 1 saturated carbocycles. The first-order valence-corrected chi connectivity index (χ1v) is 16.5. The smallest absolute Gasteiger partial charge is 0.338 e. The van der Waals surface area contributed by atoms with Crippen molar-refractivity contribution in [1.29, 1.82) is 0 Å². The SMILES string of the molecule is CC(=O)OCC1OC(OC2OCCC3C(OC(=O)c4ccc(OC(C)=O)cc4)C4OC4(COC(C)=O)C23)C(OC(C)=O)C(OC(C)=O)C1OC(C)=O. The molecule has 5 rings (SSSR count). The van der Waals surface area contributed by atoms with Crippen molar-refractivity contribution < 1.29 is 85.7 Å². The van der Waals surface area contributed by atoms with Gasteiger partial charge in [-0.15, -0.1) is 0 Å². The lowest BCUT2D eigenvalue weighted by Crippen LogP contribution is -2.64. The van der Waals surface area contributed by atoms with Crippen LogP contribution in [0.4, 0.5) is 0 Å². The van der Waals surface area contributed by atoms with Gasteiger partial charge in [0.15, 0.2) is 24.6 Å². The number of carbonyl (C=O) groups excluding carboxylic acids is 7. The number of rotatable bonds is 12. The van der Waals surface area contributed by atoms with Crippen LogP contribution in [0.3, 0.4) is 0 Å². The Bertz CT molecular complexity index is 1560. The Labute approximate surface area is 297 Å². The zero-order valence-electron chi connectivity index (χ0n) is 29.3. The molecule has 284 valence electrons. The van der Waals surface area contributed by atoms with Gasteiger partial charge in [0.05, 0.1) is 18.1 Å². The number of ether oxygens (including phenoxy) is 11. The van der Waals surface area contributed by atoms with Gasteiger partial charge in [-0.25, -0.2) is 4.79 Å². The molecule has 3 saturated heterocycles. The van der Waals surface area contributed by atoms with Gasteiger partial charge in [-0.2, -0.15) is 0 Å². The average Bonchev–Trinajstić information content (AvgIpc) is 3.72. The zero-order valence-corrected chi connectivity index (χ0v) is 29.3. The van der Waals surface area contributed by atoms with Crippen molar-refractivity contribution >= 4 is 41.8 Å². The number of carbonyl (C=O) groups is 7. The molecule has 4 fully saturated rings. The fourth-order valence-corrected chi connectivity index (χ4v) is 6.95. The molecular formula is C34H40O18.